The fourth-order valence-corrected chi connectivity index (χ4v) is 4.37. The highest BCUT2D eigenvalue weighted by Gasteiger charge is 2.31. The zero-order valence-corrected chi connectivity index (χ0v) is 23.3. The summed E-state index contributed by atoms with van der Waals surface area (Å²) >= 11 is 0. The SMILES string of the molecule is CC[C@@H](C)NC(=O)[C@@H](Cc1ccccc1)N(Cc1ccccc1F)C(=O)CCc1ccc(C(C)(C)C)cc1. The number of aryl methyl sites for hydroxylation is 1. The molecule has 1 N–H and O–H groups in total. The molecule has 3 rings (SSSR count). The van der Waals surface area contributed by atoms with Crippen LogP contribution in [0.5, 0.6) is 0 Å². The van der Waals surface area contributed by atoms with E-state index in [1.165, 1.54) is 11.6 Å². The Morgan fingerprint density at radius 2 is 1.53 bits per heavy atom. The second-order valence-electron chi connectivity index (χ2n) is 11.1. The molecule has 3 aromatic carbocycles. The van der Waals surface area contributed by atoms with E-state index >= 15 is 0 Å². The van der Waals surface area contributed by atoms with Gasteiger partial charge in [-0.1, -0.05) is 100 Å². The summed E-state index contributed by atoms with van der Waals surface area (Å²) < 4.78 is 14.7. The zero-order chi connectivity index (χ0) is 27.7. The molecular weight excluding hydrogens is 475 g/mol. The maximum atomic E-state index is 14.7. The van der Waals surface area contributed by atoms with Gasteiger partial charge in [-0.3, -0.25) is 9.59 Å². The molecule has 0 aliphatic carbocycles. The minimum Gasteiger partial charge on any atom is -0.352 e. The van der Waals surface area contributed by atoms with Crippen molar-refractivity contribution >= 4 is 11.8 Å². The number of hydrogen-bond donors (Lipinski definition) is 1. The molecule has 0 saturated carbocycles. The fraction of sp³-hybridized carbons (Fsp3) is 0.394. The Morgan fingerprint density at radius 1 is 0.895 bits per heavy atom. The highest BCUT2D eigenvalue weighted by molar-refractivity contribution is 5.88. The van der Waals surface area contributed by atoms with Crippen LogP contribution in [0.4, 0.5) is 4.39 Å². The predicted octanol–water partition coefficient (Wildman–Crippen LogP) is 6.61. The van der Waals surface area contributed by atoms with E-state index in [9.17, 15) is 14.0 Å². The molecule has 0 aliphatic heterocycles. The Hall–Kier alpha value is -3.47. The first-order valence-electron chi connectivity index (χ1n) is 13.5. The lowest BCUT2D eigenvalue weighted by atomic mass is 9.86. The molecule has 0 fully saturated rings. The average molecular weight is 517 g/mol. The van der Waals surface area contributed by atoms with Gasteiger partial charge in [0.15, 0.2) is 0 Å². The molecule has 3 aromatic rings. The molecule has 202 valence electrons. The summed E-state index contributed by atoms with van der Waals surface area (Å²) in [4.78, 5) is 28.9. The van der Waals surface area contributed by atoms with Crippen molar-refractivity contribution in [3.63, 3.8) is 0 Å². The maximum absolute atomic E-state index is 14.7. The molecule has 38 heavy (non-hydrogen) atoms. The molecule has 0 spiro atoms. The molecule has 0 aromatic heterocycles. The lowest BCUT2D eigenvalue weighted by Crippen LogP contribution is -2.52. The Bertz CT molecular complexity index is 1190. The number of nitrogens with zero attached hydrogens (tertiary/aromatic N) is 1. The van der Waals surface area contributed by atoms with Crippen molar-refractivity contribution < 1.29 is 14.0 Å². The van der Waals surface area contributed by atoms with Gasteiger partial charge >= 0.3 is 0 Å². The summed E-state index contributed by atoms with van der Waals surface area (Å²) in [5.74, 6) is -0.778. The molecule has 0 saturated heterocycles. The number of carbonyl (C=O) groups excluding carboxylic acids is 2. The molecule has 2 atom stereocenters. The smallest absolute Gasteiger partial charge is 0.243 e. The Balaban J connectivity index is 1.90. The maximum Gasteiger partial charge on any atom is 0.243 e. The summed E-state index contributed by atoms with van der Waals surface area (Å²) in [5, 5.41) is 3.05. The molecule has 0 bridgehead atoms. The molecule has 0 unspecified atom stereocenters. The summed E-state index contributed by atoms with van der Waals surface area (Å²) in [6.45, 7) is 10.5. The first-order chi connectivity index (χ1) is 18.1. The average Bonchev–Trinajstić information content (AvgIpc) is 2.90. The van der Waals surface area contributed by atoms with E-state index in [2.05, 4.69) is 50.4 Å². The summed E-state index contributed by atoms with van der Waals surface area (Å²) in [7, 11) is 0. The van der Waals surface area contributed by atoms with E-state index in [0.29, 0.717) is 18.4 Å². The first kappa shape index (κ1) is 29.1. The van der Waals surface area contributed by atoms with Crippen molar-refractivity contribution in [2.45, 2.75) is 84.3 Å². The second-order valence-corrected chi connectivity index (χ2v) is 11.1. The molecule has 0 heterocycles. The van der Waals surface area contributed by atoms with E-state index < -0.39 is 6.04 Å². The number of hydrogen-bond acceptors (Lipinski definition) is 2. The largest absolute Gasteiger partial charge is 0.352 e. The number of nitrogens with one attached hydrogen (secondary N) is 1. The van der Waals surface area contributed by atoms with Crippen LogP contribution in [-0.2, 0) is 34.4 Å². The standard InChI is InChI=1S/C33H41FN2O2/c1-6-24(2)35-32(38)30(22-26-12-8-7-9-13-26)36(23-27-14-10-11-15-29(27)34)31(37)21-18-25-16-19-28(20-17-25)33(3,4)5/h7-17,19-20,24,30H,6,18,21-23H2,1-5H3,(H,35,38)/t24-,30-/m1/s1. The van der Waals surface area contributed by atoms with Crippen LogP contribution in [0.1, 0.15) is 69.7 Å². The second kappa shape index (κ2) is 13.4. The fourth-order valence-electron chi connectivity index (χ4n) is 4.37. The Labute approximate surface area is 227 Å². The van der Waals surface area contributed by atoms with Gasteiger partial charge in [0.25, 0.3) is 0 Å². The normalized spacial score (nSPS) is 13.0. The van der Waals surface area contributed by atoms with Crippen molar-refractivity contribution in [2.75, 3.05) is 0 Å². The third-order valence-corrected chi connectivity index (χ3v) is 7.02. The third-order valence-electron chi connectivity index (χ3n) is 7.02. The van der Waals surface area contributed by atoms with Gasteiger partial charge in [-0.25, -0.2) is 4.39 Å². The molecule has 0 radical (unpaired) electrons. The van der Waals surface area contributed by atoms with Crippen LogP contribution in [-0.4, -0.2) is 28.8 Å². The number of carbonyl (C=O) groups is 2. The Kier molecular flexibility index (Phi) is 10.2. The van der Waals surface area contributed by atoms with Gasteiger partial charge in [0.1, 0.15) is 11.9 Å². The van der Waals surface area contributed by atoms with Crippen molar-refractivity contribution in [2.24, 2.45) is 0 Å². The van der Waals surface area contributed by atoms with E-state index in [0.717, 1.165) is 17.5 Å². The molecule has 4 nitrogen and oxygen atoms in total. The highest BCUT2D eigenvalue weighted by Crippen LogP contribution is 2.23. The number of rotatable bonds is 11. The van der Waals surface area contributed by atoms with Crippen LogP contribution in [0.2, 0.25) is 0 Å². The van der Waals surface area contributed by atoms with E-state index in [1.807, 2.05) is 44.2 Å². The summed E-state index contributed by atoms with van der Waals surface area (Å²) in [5.41, 5.74) is 3.68. The van der Waals surface area contributed by atoms with Gasteiger partial charge in [0, 0.05) is 31.0 Å². The van der Waals surface area contributed by atoms with Crippen LogP contribution in [0.3, 0.4) is 0 Å². The number of halogens is 1. The third kappa shape index (κ3) is 8.27. The van der Waals surface area contributed by atoms with Crippen molar-refractivity contribution in [1.82, 2.24) is 10.2 Å². The molecular formula is C33H41FN2O2. The van der Waals surface area contributed by atoms with Crippen molar-refractivity contribution in [3.8, 4) is 0 Å². The topological polar surface area (TPSA) is 49.4 Å². The minimum atomic E-state index is -0.762. The number of benzene rings is 3. The quantitative estimate of drug-likeness (QED) is 0.312. The van der Waals surface area contributed by atoms with Gasteiger partial charge < -0.3 is 10.2 Å². The van der Waals surface area contributed by atoms with Crippen LogP contribution < -0.4 is 5.32 Å². The van der Waals surface area contributed by atoms with Gasteiger partial charge in [-0.2, -0.15) is 0 Å². The summed E-state index contributed by atoms with van der Waals surface area (Å²) in [6.07, 6.45) is 1.90. The molecule has 0 aliphatic rings. The lowest BCUT2D eigenvalue weighted by Gasteiger charge is -2.32. The van der Waals surface area contributed by atoms with Crippen molar-refractivity contribution in [1.29, 1.82) is 0 Å². The Morgan fingerprint density at radius 3 is 2.13 bits per heavy atom. The molecule has 2 amide bonds. The van der Waals surface area contributed by atoms with Crippen LogP contribution in [0.15, 0.2) is 78.9 Å². The highest BCUT2D eigenvalue weighted by atomic mass is 19.1. The van der Waals surface area contributed by atoms with Gasteiger partial charge in [0.05, 0.1) is 0 Å². The van der Waals surface area contributed by atoms with Gasteiger partial charge in [-0.15, -0.1) is 0 Å². The molecule has 5 heteroatoms. The summed E-state index contributed by atoms with van der Waals surface area (Å²) in [6, 6.07) is 23.6. The zero-order valence-electron chi connectivity index (χ0n) is 23.3. The number of amides is 2. The van der Waals surface area contributed by atoms with Crippen LogP contribution >= 0.6 is 0 Å². The van der Waals surface area contributed by atoms with E-state index in [1.54, 1.807) is 23.1 Å². The van der Waals surface area contributed by atoms with Crippen LogP contribution in [0, 0.1) is 5.82 Å². The van der Waals surface area contributed by atoms with Crippen molar-refractivity contribution in [3.05, 3.63) is 107 Å². The first-order valence-corrected chi connectivity index (χ1v) is 13.5. The minimum absolute atomic E-state index is 0.0277. The van der Waals surface area contributed by atoms with Gasteiger partial charge in [0.2, 0.25) is 11.8 Å². The van der Waals surface area contributed by atoms with E-state index in [-0.39, 0.29) is 42.1 Å². The van der Waals surface area contributed by atoms with E-state index in [4.69, 9.17) is 0 Å². The van der Waals surface area contributed by atoms with Gasteiger partial charge in [-0.05, 0) is 47.9 Å². The predicted molar refractivity (Wildman–Crippen MR) is 152 cm³/mol. The monoisotopic (exact) mass is 516 g/mol. The van der Waals surface area contributed by atoms with Crippen LogP contribution in [0.25, 0.3) is 0 Å². The lowest BCUT2D eigenvalue weighted by molar-refractivity contribution is -0.141.